The second-order valence-corrected chi connectivity index (χ2v) is 7.31. The summed E-state index contributed by atoms with van der Waals surface area (Å²) in [5, 5.41) is 0. The maximum Gasteiger partial charge on any atom is 0.0843 e. The molecule has 0 aliphatic rings. The molecule has 0 saturated carbocycles. The molecule has 0 bridgehead atoms. The molecule has 1 rings (SSSR count). The van der Waals surface area contributed by atoms with Gasteiger partial charge >= 0.3 is 0 Å². The molecule has 0 aliphatic carbocycles. The average Bonchev–Trinajstić information content (AvgIpc) is 2.61. The minimum absolute atomic E-state index is 0.350. The quantitative estimate of drug-likeness (QED) is 0.756. The average molecular weight is 384 g/mol. The first-order valence-corrected chi connectivity index (χ1v) is 8.43. The second-order valence-electron chi connectivity index (χ2n) is 4.06. The van der Waals surface area contributed by atoms with Crippen molar-refractivity contribution in [2.75, 3.05) is 19.6 Å². The van der Waals surface area contributed by atoms with E-state index in [2.05, 4.69) is 56.7 Å². The molecule has 1 atom stereocenters. The zero-order chi connectivity index (χ0) is 12.8. The molecule has 1 heterocycles. The minimum atomic E-state index is 0.350. The van der Waals surface area contributed by atoms with E-state index in [4.69, 9.17) is 5.73 Å². The van der Waals surface area contributed by atoms with Gasteiger partial charge in [-0.15, -0.1) is 11.3 Å². The predicted octanol–water partition coefficient (Wildman–Crippen LogP) is 4.39. The predicted molar refractivity (Wildman–Crippen MR) is 83.7 cm³/mol. The largest absolute Gasteiger partial charge is 0.329 e. The lowest BCUT2D eigenvalue weighted by Crippen LogP contribution is -2.34. The van der Waals surface area contributed by atoms with Crippen LogP contribution in [0.25, 0.3) is 0 Å². The van der Waals surface area contributed by atoms with E-state index in [1.54, 1.807) is 11.3 Å². The van der Waals surface area contributed by atoms with Gasteiger partial charge in [-0.3, -0.25) is 4.90 Å². The SMILES string of the molecule is CCCN(CCC)C(CN)c1cc(Br)c(Br)s1. The molecule has 0 aromatic carbocycles. The minimum Gasteiger partial charge on any atom is -0.329 e. The van der Waals surface area contributed by atoms with E-state index in [1.807, 2.05) is 0 Å². The molecule has 5 heteroatoms. The van der Waals surface area contributed by atoms with Crippen molar-refractivity contribution >= 4 is 43.2 Å². The lowest BCUT2D eigenvalue weighted by atomic mass is 10.2. The summed E-state index contributed by atoms with van der Waals surface area (Å²) in [6.07, 6.45) is 2.34. The van der Waals surface area contributed by atoms with Gasteiger partial charge in [0.05, 0.1) is 9.83 Å². The van der Waals surface area contributed by atoms with E-state index in [0.29, 0.717) is 12.6 Å². The zero-order valence-electron chi connectivity index (χ0n) is 10.4. The fourth-order valence-electron chi connectivity index (χ4n) is 1.97. The highest BCUT2D eigenvalue weighted by Crippen LogP contribution is 2.37. The Bertz CT molecular complexity index is 316. The summed E-state index contributed by atoms with van der Waals surface area (Å²) < 4.78 is 2.28. The molecular weight excluding hydrogens is 364 g/mol. The maximum atomic E-state index is 5.96. The number of rotatable bonds is 7. The summed E-state index contributed by atoms with van der Waals surface area (Å²) in [7, 11) is 0. The van der Waals surface area contributed by atoms with Crippen LogP contribution in [0.5, 0.6) is 0 Å². The van der Waals surface area contributed by atoms with Crippen LogP contribution >= 0.6 is 43.2 Å². The number of hydrogen-bond acceptors (Lipinski definition) is 3. The van der Waals surface area contributed by atoms with Crippen molar-refractivity contribution in [3.05, 3.63) is 19.2 Å². The van der Waals surface area contributed by atoms with E-state index < -0.39 is 0 Å². The molecule has 1 unspecified atom stereocenters. The number of nitrogens with two attached hydrogens (primary N) is 1. The van der Waals surface area contributed by atoms with Gasteiger partial charge < -0.3 is 5.73 Å². The van der Waals surface area contributed by atoms with Crippen LogP contribution in [0.3, 0.4) is 0 Å². The lowest BCUT2D eigenvalue weighted by molar-refractivity contribution is 0.205. The van der Waals surface area contributed by atoms with E-state index in [-0.39, 0.29) is 0 Å². The number of halogens is 2. The lowest BCUT2D eigenvalue weighted by Gasteiger charge is -2.29. The molecule has 1 aromatic heterocycles. The van der Waals surface area contributed by atoms with Crippen molar-refractivity contribution in [2.24, 2.45) is 5.73 Å². The first-order valence-electron chi connectivity index (χ1n) is 6.02. The van der Waals surface area contributed by atoms with Crippen molar-refractivity contribution in [1.29, 1.82) is 0 Å². The monoisotopic (exact) mass is 382 g/mol. The van der Waals surface area contributed by atoms with Crippen molar-refractivity contribution in [3.8, 4) is 0 Å². The Kier molecular flexibility index (Phi) is 7.26. The van der Waals surface area contributed by atoms with Crippen LogP contribution in [0.15, 0.2) is 14.3 Å². The van der Waals surface area contributed by atoms with Crippen LogP contribution in [-0.4, -0.2) is 24.5 Å². The summed E-state index contributed by atoms with van der Waals surface area (Å²) in [5.74, 6) is 0. The van der Waals surface area contributed by atoms with Crippen LogP contribution in [0.2, 0.25) is 0 Å². The van der Waals surface area contributed by atoms with Crippen LogP contribution in [0, 0.1) is 0 Å². The van der Waals surface area contributed by atoms with Gasteiger partial charge in [0.2, 0.25) is 0 Å². The summed E-state index contributed by atoms with van der Waals surface area (Å²) in [6.45, 7) is 7.35. The third-order valence-corrected chi connectivity index (χ3v) is 6.04. The Labute approximate surface area is 125 Å². The van der Waals surface area contributed by atoms with Crippen LogP contribution in [0.1, 0.15) is 37.6 Å². The maximum absolute atomic E-state index is 5.96. The van der Waals surface area contributed by atoms with Gasteiger partial charge in [-0.1, -0.05) is 13.8 Å². The van der Waals surface area contributed by atoms with Gasteiger partial charge in [-0.2, -0.15) is 0 Å². The molecule has 0 spiro atoms. The fraction of sp³-hybridized carbons (Fsp3) is 0.667. The molecule has 0 aliphatic heterocycles. The van der Waals surface area contributed by atoms with Gasteiger partial charge in [0.25, 0.3) is 0 Å². The van der Waals surface area contributed by atoms with Gasteiger partial charge in [0.15, 0.2) is 0 Å². The first kappa shape index (κ1) is 15.6. The van der Waals surface area contributed by atoms with Crippen LogP contribution < -0.4 is 5.73 Å². The van der Waals surface area contributed by atoms with Gasteiger partial charge in [-0.05, 0) is 63.9 Å². The van der Waals surface area contributed by atoms with E-state index in [9.17, 15) is 0 Å². The Morgan fingerprint density at radius 2 is 1.88 bits per heavy atom. The van der Waals surface area contributed by atoms with Crippen LogP contribution in [0.4, 0.5) is 0 Å². The zero-order valence-corrected chi connectivity index (χ0v) is 14.4. The van der Waals surface area contributed by atoms with E-state index >= 15 is 0 Å². The van der Waals surface area contributed by atoms with Crippen molar-refractivity contribution in [3.63, 3.8) is 0 Å². The molecule has 17 heavy (non-hydrogen) atoms. The summed E-state index contributed by atoms with van der Waals surface area (Å²) in [6, 6.07) is 2.53. The summed E-state index contributed by atoms with van der Waals surface area (Å²) in [4.78, 5) is 3.83. The Morgan fingerprint density at radius 1 is 1.29 bits per heavy atom. The molecule has 0 fully saturated rings. The van der Waals surface area contributed by atoms with Crippen molar-refractivity contribution in [2.45, 2.75) is 32.7 Å². The molecule has 2 nitrogen and oxygen atoms in total. The molecule has 1 aromatic rings. The Hall–Kier alpha value is 0.580. The van der Waals surface area contributed by atoms with Crippen molar-refractivity contribution < 1.29 is 0 Å². The number of hydrogen-bond donors (Lipinski definition) is 1. The van der Waals surface area contributed by atoms with Crippen molar-refractivity contribution in [1.82, 2.24) is 4.90 Å². The van der Waals surface area contributed by atoms with Crippen LogP contribution in [-0.2, 0) is 0 Å². The molecule has 0 amide bonds. The van der Waals surface area contributed by atoms with Gasteiger partial charge in [-0.25, -0.2) is 0 Å². The Balaban J connectivity index is 2.86. The Morgan fingerprint density at radius 3 is 2.24 bits per heavy atom. The third kappa shape index (κ3) is 4.31. The number of nitrogens with zero attached hydrogens (tertiary/aromatic N) is 1. The molecule has 2 N–H and O–H groups in total. The second kappa shape index (κ2) is 7.89. The highest BCUT2D eigenvalue weighted by atomic mass is 79.9. The molecular formula is C12H20Br2N2S. The molecule has 98 valence electrons. The fourth-order valence-corrected chi connectivity index (χ4v) is 4.21. The van der Waals surface area contributed by atoms with E-state index in [1.165, 1.54) is 17.7 Å². The smallest absolute Gasteiger partial charge is 0.0843 e. The normalized spacial score (nSPS) is 13.3. The molecule has 0 radical (unpaired) electrons. The van der Waals surface area contributed by atoms with E-state index in [0.717, 1.165) is 21.3 Å². The third-order valence-electron chi connectivity index (χ3n) is 2.68. The van der Waals surface area contributed by atoms with Gasteiger partial charge in [0.1, 0.15) is 0 Å². The highest BCUT2D eigenvalue weighted by molar-refractivity contribution is 9.13. The first-order chi connectivity index (χ1) is 8.13. The topological polar surface area (TPSA) is 29.3 Å². The van der Waals surface area contributed by atoms with Gasteiger partial charge in [0, 0.05) is 15.9 Å². The number of thiophene rings is 1. The summed E-state index contributed by atoms with van der Waals surface area (Å²) in [5.41, 5.74) is 5.96. The highest BCUT2D eigenvalue weighted by Gasteiger charge is 2.20. The standard InChI is InChI=1S/C12H20Br2N2S/c1-3-5-16(6-4-2)10(8-15)11-7-9(13)12(14)17-11/h7,10H,3-6,8,15H2,1-2H3. The molecule has 0 saturated heterocycles. The summed E-state index contributed by atoms with van der Waals surface area (Å²) >= 11 is 8.87.